The third-order valence-electron chi connectivity index (χ3n) is 8.72. The second kappa shape index (κ2) is 11.2. The smallest absolute Gasteiger partial charge is 0.0450 e. The van der Waals surface area contributed by atoms with Crippen molar-refractivity contribution in [1.82, 2.24) is 0 Å². The monoisotopic (exact) mass is 521 g/mol. The van der Waals surface area contributed by atoms with Crippen LogP contribution >= 0.6 is 0 Å². The predicted octanol–water partition coefficient (Wildman–Crippen LogP) is 10.8. The summed E-state index contributed by atoms with van der Waals surface area (Å²) in [5.74, 6) is 0.623. The lowest BCUT2D eigenvalue weighted by molar-refractivity contribution is 0.642. The van der Waals surface area contributed by atoms with Gasteiger partial charge in [0, 0.05) is 23.3 Å². The van der Waals surface area contributed by atoms with Crippen LogP contribution in [-0.2, 0) is 0 Å². The van der Waals surface area contributed by atoms with E-state index in [0.29, 0.717) is 12.0 Å². The van der Waals surface area contributed by atoms with E-state index in [9.17, 15) is 0 Å². The van der Waals surface area contributed by atoms with E-state index in [1.807, 2.05) is 0 Å². The van der Waals surface area contributed by atoms with Gasteiger partial charge in [0.1, 0.15) is 0 Å². The Bertz CT molecular complexity index is 1580. The van der Waals surface area contributed by atoms with Crippen LogP contribution in [0.5, 0.6) is 0 Å². The van der Waals surface area contributed by atoms with Gasteiger partial charge in [-0.3, -0.25) is 0 Å². The number of aryl methyl sites for hydroxylation is 2. The number of rotatable bonds is 6. The molecule has 0 radical (unpaired) electrons. The number of hydrogen-bond acceptors (Lipinski definition) is 1. The van der Waals surface area contributed by atoms with Crippen LogP contribution in [0, 0.1) is 13.8 Å². The zero-order valence-electron chi connectivity index (χ0n) is 24.2. The summed E-state index contributed by atoms with van der Waals surface area (Å²) in [7, 11) is 0. The molecule has 0 spiro atoms. The van der Waals surface area contributed by atoms with Gasteiger partial charge in [0.05, 0.1) is 0 Å². The average molecular weight is 522 g/mol. The molecule has 200 valence electrons. The maximum absolute atomic E-state index is 2.61. The minimum atomic E-state index is 0.564. The number of anilines is 2. The highest BCUT2D eigenvalue weighted by Gasteiger charge is 2.42. The molecule has 2 unspecified atom stereocenters. The van der Waals surface area contributed by atoms with Crippen LogP contribution in [0.4, 0.5) is 11.4 Å². The largest absolute Gasteiger partial charge is 0.338 e. The minimum absolute atomic E-state index is 0.564. The number of hydrogen-bond donors (Lipinski definition) is 0. The lowest BCUT2D eigenvalue weighted by atomic mass is 9.95. The summed E-state index contributed by atoms with van der Waals surface area (Å²) in [6, 6.07) is 34.4. The van der Waals surface area contributed by atoms with Gasteiger partial charge in [-0.25, -0.2) is 0 Å². The Morgan fingerprint density at radius 3 is 2.00 bits per heavy atom. The van der Waals surface area contributed by atoms with Crippen LogP contribution in [0.25, 0.3) is 23.3 Å². The van der Waals surface area contributed by atoms with Gasteiger partial charge in [-0.05, 0) is 104 Å². The molecule has 2 aliphatic rings. The van der Waals surface area contributed by atoms with E-state index >= 15 is 0 Å². The number of fused-ring (bicyclic) bond motifs is 3. The lowest BCUT2D eigenvalue weighted by Gasteiger charge is -2.27. The highest BCUT2D eigenvalue weighted by atomic mass is 15.2. The lowest BCUT2D eigenvalue weighted by Crippen LogP contribution is -2.26. The fourth-order valence-corrected chi connectivity index (χ4v) is 6.41. The minimum Gasteiger partial charge on any atom is -0.338 e. The van der Waals surface area contributed by atoms with Crippen LogP contribution in [0.2, 0.25) is 0 Å². The van der Waals surface area contributed by atoms with Crippen LogP contribution < -0.4 is 4.90 Å². The van der Waals surface area contributed by atoms with Crippen molar-refractivity contribution in [3.63, 3.8) is 0 Å². The molecular formula is C39H39N. The van der Waals surface area contributed by atoms with Crippen LogP contribution in [0.1, 0.15) is 78.0 Å². The summed E-state index contributed by atoms with van der Waals surface area (Å²) in [5.41, 5.74) is 14.5. The molecule has 1 nitrogen and oxygen atoms in total. The van der Waals surface area contributed by atoms with Crippen molar-refractivity contribution in [3.8, 4) is 0 Å². The first-order chi connectivity index (χ1) is 19.5. The molecule has 6 rings (SSSR count). The molecular weight excluding hydrogens is 482 g/mol. The topological polar surface area (TPSA) is 3.24 Å². The molecule has 1 aliphatic carbocycles. The van der Waals surface area contributed by atoms with Gasteiger partial charge in [-0.1, -0.05) is 109 Å². The van der Waals surface area contributed by atoms with Gasteiger partial charge in [-0.15, -0.1) is 0 Å². The number of benzene rings is 4. The van der Waals surface area contributed by atoms with Gasteiger partial charge >= 0.3 is 0 Å². The summed E-state index contributed by atoms with van der Waals surface area (Å²) in [6.07, 6.45) is 12.8. The third-order valence-corrected chi connectivity index (χ3v) is 8.72. The van der Waals surface area contributed by atoms with E-state index in [4.69, 9.17) is 0 Å². The highest BCUT2D eigenvalue weighted by Crippen LogP contribution is 2.52. The van der Waals surface area contributed by atoms with Gasteiger partial charge in [-0.2, -0.15) is 0 Å². The Labute approximate surface area is 240 Å². The summed E-state index contributed by atoms with van der Waals surface area (Å²) < 4.78 is 0. The predicted molar refractivity (Wildman–Crippen MR) is 174 cm³/mol. The zero-order chi connectivity index (χ0) is 27.6. The highest BCUT2D eigenvalue weighted by molar-refractivity contribution is 5.82. The zero-order valence-corrected chi connectivity index (χ0v) is 24.2. The average Bonchev–Trinajstić information content (AvgIpc) is 3.55. The maximum Gasteiger partial charge on any atom is 0.0450 e. The third kappa shape index (κ3) is 5.34. The number of allylic oxidation sites excluding steroid dienone is 4. The van der Waals surface area contributed by atoms with Crippen molar-refractivity contribution in [2.24, 2.45) is 0 Å². The molecule has 0 bridgehead atoms. The summed E-state index contributed by atoms with van der Waals surface area (Å²) >= 11 is 0. The molecule has 1 saturated carbocycles. The molecule has 40 heavy (non-hydrogen) atoms. The van der Waals surface area contributed by atoms with Gasteiger partial charge in [0.25, 0.3) is 0 Å². The summed E-state index contributed by atoms with van der Waals surface area (Å²) in [6.45, 7) is 8.66. The molecule has 1 fully saturated rings. The van der Waals surface area contributed by atoms with E-state index in [1.165, 1.54) is 80.7 Å². The van der Waals surface area contributed by atoms with Crippen molar-refractivity contribution in [2.75, 3.05) is 4.90 Å². The van der Waals surface area contributed by atoms with Crippen LogP contribution in [0.15, 0.2) is 103 Å². The molecule has 1 aliphatic heterocycles. The maximum atomic E-state index is 2.61. The Morgan fingerprint density at radius 1 is 0.700 bits per heavy atom. The molecule has 0 N–H and O–H groups in total. The molecule has 4 aromatic rings. The summed E-state index contributed by atoms with van der Waals surface area (Å²) in [5, 5.41) is 0. The normalized spacial score (nSPS) is 18.9. The Hall–Kier alpha value is -4.10. The van der Waals surface area contributed by atoms with E-state index in [0.717, 1.165) is 0 Å². The van der Waals surface area contributed by atoms with Crippen molar-refractivity contribution in [2.45, 2.75) is 58.9 Å². The second-order valence-corrected chi connectivity index (χ2v) is 11.7. The fourth-order valence-electron chi connectivity index (χ4n) is 6.41. The Balaban J connectivity index is 1.22. The van der Waals surface area contributed by atoms with Crippen molar-refractivity contribution >= 4 is 34.7 Å². The van der Waals surface area contributed by atoms with Crippen LogP contribution in [-0.4, -0.2) is 6.04 Å². The van der Waals surface area contributed by atoms with Gasteiger partial charge < -0.3 is 4.90 Å². The van der Waals surface area contributed by atoms with Gasteiger partial charge in [0.15, 0.2) is 0 Å². The second-order valence-electron chi connectivity index (χ2n) is 11.7. The molecule has 2 atom stereocenters. The molecule has 0 saturated heterocycles. The first kappa shape index (κ1) is 26.1. The Morgan fingerprint density at radius 2 is 1.32 bits per heavy atom. The fraction of sp³-hybridized carbons (Fsp3) is 0.231. The van der Waals surface area contributed by atoms with Crippen molar-refractivity contribution in [3.05, 3.63) is 142 Å². The number of nitrogens with zero attached hydrogens (tertiary/aromatic N) is 1. The Kier molecular flexibility index (Phi) is 7.30. The first-order valence-electron chi connectivity index (χ1n) is 14.7. The van der Waals surface area contributed by atoms with Crippen molar-refractivity contribution in [1.29, 1.82) is 0 Å². The van der Waals surface area contributed by atoms with Crippen molar-refractivity contribution < 1.29 is 0 Å². The summed E-state index contributed by atoms with van der Waals surface area (Å²) in [4.78, 5) is 2.61. The molecule has 0 amide bonds. The SMILES string of the molecule is C/C(=C\C=C\c1ccc(N2c3ccc(/C=C(\C)c4ccc(C)cc4)cc3C3CCCC32)cc1)c1ccc(C)cc1. The molecule has 4 aromatic carbocycles. The molecule has 1 heteroatoms. The molecule has 0 aromatic heterocycles. The van der Waals surface area contributed by atoms with E-state index in [2.05, 4.69) is 148 Å². The van der Waals surface area contributed by atoms with Gasteiger partial charge in [0.2, 0.25) is 0 Å². The first-order valence-corrected chi connectivity index (χ1v) is 14.7. The van der Waals surface area contributed by atoms with E-state index < -0.39 is 0 Å². The standard InChI is InChI=1S/C39H39N/c1-27-11-18-33(19-12-27)29(3)7-5-8-31-15-22-35(23-16-31)40-38-10-6-9-36(38)37-26-32(17-24-39(37)40)25-30(4)34-20-13-28(2)14-21-34/h5,7-8,11-26,36,38H,6,9-10H2,1-4H3/b8-5+,29-7+,30-25+. The quantitative estimate of drug-likeness (QED) is 0.180. The van der Waals surface area contributed by atoms with E-state index in [1.54, 1.807) is 0 Å². The molecule has 1 heterocycles. The van der Waals surface area contributed by atoms with Crippen LogP contribution in [0.3, 0.4) is 0 Å². The van der Waals surface area contributed by atoms with E-state index in [-0.39, 0.29) is 0 Å².